The molecule has 2 N–H and O–H groups in total. The number of nitrogens with two attached hydrogens (primary N) is 1. The highest BCUT2D eigenvalue weighted by atomic mass is 32.2. The molecular weight excluding hydrogens is 383 g/mol. The lowest BCUT2D eigenvalue weighted by Crippen LogP contribution is -2.36. The van der Waals surface area contributed by atoms with Crippen LogP contribution in [0, 0.1) is 5.82 Å². The predicted molar refractivity (Wildman–Crippen MR) is 120 cm³/mol. The van der Waals surface area contributed by atoms with Gasteiger partial charge in [-0.1, -0.05) is 43.8 Å². The van der Waals surface area contributed by atoms with Crippen LogP contribution in [-0.4, -0.2) is 41.5 Å². The van der Waals surface area contributed by atoms with Gasteiger partial charge in [0, 0.05) is 29.7 Å². The van der Waals surface area contributed by atoms with Crippen LogP contribution in [0.4, 0.5) is 10.1 Å². The Morgan fingerprint density at radius 3 is 2.66 bits per heavy atom. The smallest absolute Gasteiger partial charge is 0.159 e. The van der Waals surface area contributed by atoms with E-state index in [9.17, 15) is 4.39 Å². The Morgan fingerprint density at radius 2 is 1.93 bits per heavy atom. The summed E-state index contributed by atoms with van der Waals surface area (Å²) in [6.07, 6.45) is 3.16. The third-order valence-corrected chi connectivity index (χ3v) is 7.06. The SMILES string of the molecule is CCN(CC)CCCN1C(c2ccc(CN)cc2F)=CN2c3ccccc3SC12. The maximum Gasteiger partial charge on any atom is 0.159 e. The summed E-state index contributed by atoms with van der Waals surface area (Å²) in [7, 11) is 0. The van der Waals surface area contributed by atoms with Crippen molar-refractivity contribution in [3.8, 4) is 0 Å². The van der Waals surface area contributed by atoms with Crippen LogP contribution in [0.25, 0.3) is 5.70 Å². The molecule has 1 atom stereocenters. The zero-order valence-corrected chi connectivity index (χ0v) is 18.0. The minimum absolute atomic E-state index is 0.146. The lowest BCUT2D eigenvalue weighted by Gasteiger charge is -2.30. The molecule has 0 saturated carbocycles. The summed E-state index contributed by atoms with van der Waals surface area (Å²) in [5, 5.41) is 0. The van der Waals surface area contributed by atoms with Crippen LogP contribution in [0.2, 0.25) is 0 Å². The largest absolute Gasteiger partial charge is 0.340 e. The number of benzene rings is 2. The van der Waals surface area contributed by atoms with E-state index in [4.69, 9.17) is 5.73 Å². The molecule has 29 heavy (non-hydrogen) atoms. The molecule has 154 valence electrons. The second kappa shape index (κ2) is 8.78. The van der Waals surface area contributed by atoms with Crippen molar-refractivity contribution in [1.29, 1.82) is 0 Å². The lowest BCUT2D eigenvalue weighted by molar-refractivity contribution is 0.278. The molecule has 2 aromatic rings. The molecule has 4 rings (SSSR count). The molecule has 2 aromatic carbocycles. The molecule has 2 aliphatic heterocycles. The first-order valence-corrected chi connectivity index (χ1v) is 11.3. The second-order valence-electron chi connectivity index (χ2n) is 7.43. The number of nitrogens with zero attached hydrogens (tertiary/aromatic N) is 3. The van der Waals surface area contributed by atoms with Crippen molar-refractivity contribution in [3.05, 3.63) is 65.6 Å². The lowest BCUT2D eigenvalue weighted by atomic mass is 10.1. The van der Waals surface area contributed by atoms with Gasteiger partial charge in [-0.15, -0.1) is 0 Å². The molecule has 0 radical (unpaired) electrons. The average Bonchev–Trinajstić information content (AvgIpc) is 3.27. The molecule has 0 saturated heterocycles. The van der Waals surface area contributed by atoms with Crippen molar-refractivity contribution < 1.29 is 4.39 Å². The number of anilines is 1. The third kappa shape index (κ3) is 3.89. The van der Waals surface area contributed by atoms with E-state index >= 15 is 0 Å². The van der Waals surface area contributed by atoms with Crippen molar-refractivity contribution in [2.75, 3.05) is 31.1 Å². The van der Waals surface area contributed by atoms with Gasteiger partial charge in [-0.3, -0.25) is 0 Å². The summed E-state index contributed by atoms with van der Waals surface area (Å²) in [4.78, 5) is 8.35. The zero-order valence-electron chi connectivity index (χ0n) is 17.1. The van der Waals surface area contributed by atoms with E-state index in [0.717, 1.165) is 43.9 Å². The van der Waals surface area contributed by atoms with E-state index in [0.29, 0.717) is 12.1 Å². The molecular formula is C23H29FN4S. The minimum Gasteiger partial charge on any atom is -0.340 e. The number of rotatable bonds is 8. The van der Waals surface area contributed by atoms with Gasteiger partial charge in [0.05, 0.1) is 11.4 Å². The third-order valence-electron chi connectivity index (χ3n) is 5.76. The molecule has 4 nitrogen and oxygen atoms in total. The molecule has 0 aliphatic carbocycles. The van der Waals surface area contributed by atoms with E-state index in [1.807, 2.05) is 23.9 Å². The summed E-state index contributed by atoms with van der Waals surface area (Å²) in [5.74, 6) is -0.201. The zero-order chi connectivity index (χ0) is 20.4. The van der Waals surface area contributed by atoms with E-state index in [1.54, 1.807) is 6.07 Å². The summed E-state index contributed by atoms with van der Waals surface area (Å²) in [5.41, 5.74) is 9.46. The fraction of sp³-hybridized carbons (Fsp3) is 0.391. The van der Waals surface area contributed by atoms with Gasteiger partial charge in [0.1, 0.15) is 5.82 Å². The number of fused-ring (bicyclic) bond motifs is 3. The van der Waals surface area contributed by atoms with Gasteiger partial charge in [0.25, 0.3) is 0 Å². The van der Waals surface area contributed by atoms with Crippen molar-refractivity contribution >= 4 is 23.1 Å². The van der Waals surface area contributed by atoms with Gasteiger partial charge in [-0.2, -0.15) is 0 Å². The van der Waals surface area contributed by atoms with Crippen LogP contribution in [0.15, 0.2) is 53.6 Å². The maximum atomic E-state index is 14.9. The van der Waals surface area contributed by atoms with E-state index in [-0.39, 0.29) is 11.3 Å². The van der Waals surface area contributed by atoms with Crippen molar-refractivity contribution in [2.24, 2.45) is 5.73 Å². The van der Waals surface area contributed by atoms with Crippen molar-refractivity contribution in [1.82, 2.24) is 9.80 Å². The highest BCUT2D eigenvalue weighted by Gasteiger charge is 2.40. The highest BCUT2D eigenvalue weighted by molar-refractivity contribution is 8.00. The highest BCUT2D eigenvalue weighted by Crippen LogP contribution is 2.50. The predicted octanol–water partition coefficient (Wildman–Crippen LogP) is 4.53. The van der Waals surface area contributed by atoms with Crippen LogP contribution in [0.3, 0.4) is 0 Å². The van der Waals surface area contributed by atoms with Gasteiger partial charge in [0.2, 0.25) is 0 Å². The van der Waals surface area contributed by atoms with Gasteiger partial charge in [0.15, 0.2) is 5.50 Å². The molecule has 0 amide bonds. The maximum absolute atomic E-state index is 14.9. The molecule has 2 aliphatic rings. The fourth-order valence-electron chi connectivity index (χ4n) is 4.08. The van der Waals surface area contributed by atoms with Gasteiger partial charge < -0.3 is 20.4 Å². The summed E-state index contributed by atoms with van der Waals surface area (Å²) in [6, 6.07) is 13.8. The number of para-hydroxylation sites is 1. The Kier molecular flexibility index (Phi) is 6.13. The summed E-state index contributed by atoms with van der Waals surface area (Å²) in [6.45, 7) is 8.81. The molecule has 2 heterocycles. The van der Waals surface area contributed by atoms with Crippen LogP contribution in [-0.2, 0) is 6.54 Å². The van der Waals surface area contributed by atoms with Gasteiger partial charge in [-0.05, 0) is 55.9 Å². The molecule has 1 unspecified atom stereocenters. The monoisotopic (exact) mass is 412 g/mol. The van der Waals surface area contributed by atoms with Crippen molar-refractivity contribution in [3.63, 3.8) is 0 Å². The Bertz CT molecular complexity index is 896. The first kappa shape index (κ1) is 20.3. The number of hydrogen-bond donors (Lipinski definition) is 1. The Balaban J connectivity index is 1.63. The Morgan fingerprint density at radius 1 is 1.14 bits per heavy atom. The van der Waals surface area contributed by atoms with Gasteiger partial charge >= 0.3 is 0 Å². The first-order chi connectivity index (χ1) is 14.2. The second-order valence-corrected chi connectivity index (χ2v) is 8.52. The summed E-state index contributed by atoms with van der Waals surface area (Å²) >= 11 is 1.84. The molecule has 0 bridgehead atoms. The Hall–Kier alpha value is -2.02. The van der Waals surface area contributed by atoms with E-state index in [1.165, 1.54) is 10.6 Å². The fourth-order valence-corrected chi connectivity index (χ4v) is 5.40. The van der Waals surface area contributed by atoms with Crippen molar-refractivity contribution in [2.45, 2.75) is 37.2 Å². The number of halogens is 1. The van der Waals surface area contributed by atoms with Crippen LogP contribution >= 0.6 is 11.8 Å². The molecule has 0 spiro atoms. The normalized spacial score (nSPS) is 17.7. The average molecular weight is 413 g/mol. The van der Waals surface area contributed by atoms with E-state index in [2.05, 4.69) is 59.0 Å². The van der Waals surface area contributed by atoms with Crippen LogP contribution in [0.1, 0.15) is 31.4 Å². The quantitative estimate of drug-likeness (QED) is 0.689. The first-order valence-electron chi connectivity index (χ1n) is 10.4. The molecule has 0 aromatic heterocycles. The Labute approximate surface area is 177 Å². The molecule has 0 fully saturated rings. The minimum atomic E-state index is -0.201. The number of thioether (sulfide) groups is 1. The standard InChI is InChI=1S/C23H29FN4S/c1-3-26(4-2)12-7-13-27-21(18-11-10-17(15-25)14-19(18)24)16-28-20-8-5-6-9-22(20)29-23(27)28/h5-6,8-11,14,16,23H,3-4,7,12-13,15,25H2,1-2H3. The summed E-state index contributed by atoms with van der Waals surface area (Å²) < 4.78 is 14.9. The topological polar surface area (TPSA) is 35.7 Å². The van der Waals surface area contributed by atoms with Gasteiger partial charge in [-0.25, -0.2) is 4.39 Å². The van der Waals surface area contributed by atoms with Crippen LogP contribution < -0.4 is 10.6 Å². The molecule has 6 heteroatoms. The number of hydrogen-bond acceptors (Lipinski definition) is 5. The van der Waals surface area contributed by atoms with Crippen LogP contribution in [0.5, 0.6) is 0 Å². The van der Waals surface area contributed by atoms with E-state index < -0.39 is 0 Å².